The molecule has 0 heterocycles. The number of hydrogen-bond acceptors (Lipinski definition) is 2. The molecule has 0 unspecified atom stereocenters. The third-order valence-electron chi connectivity index (χ3n) is 3.10. The second kappa shape index (κ2) is 5.69. The van der Waals surface area contributed by atoms with Gasteiger partial charge in [-0.3, -0.25) is 4.79 Å². The molecule has 2 atom stereocenters. The Morgan fingerprint density at radius 2 is 1.81 bits per heavy atom. The predicted molar refractivity (Wildman–Crippen MR) is 65.2 cm³/mol. The van der Waals surface area contributed by atoms with E-state index in [1.807, 2.05) is 6.92 Å². The summed E-state index contributed by atoms with van der Waals surface area (Å²) in [5.41, 5.74) is 2.53. The van der Waals surface area contributed by atoms with Crippen molar-refractivity contribution in [1.82, 2.24) is 0 Å². The second-order valence-corrected chi connectivity index (χ2v) is 4.48. The van der Waals surface area contributed by atoms with Gasteiger partial charge < -0.3 is 4.74 Å². The van der Waals surface area contributed by atoms with E-state index in [2.05, 4.69) is 38.1 Å². The minimum absolute atomic E-state index is 0.0497. The number of aryl methyl sites for hydroxylation is 1. The Balaban J connectivity index is 2.60. The maximum Gasteiger partial charge on any atom is 0.308 e. The number of hydrogen-bond donors (Lipinski definition) is 0. The number of rotatable bonds is 4. The van der Waals surface area contributed by atoms with Crippen molar-refractivity contribution in [3.8, 4) is 0 Å². The highest BCUT2D eigenvalue weighted by Crippen LogP contribution is 2.18. The molecule has 1 aromatic carbocycles. The number of carbonyl (C=O) groups is 1. The Kier molecular flexibility index (Phi) is 4.53. The molecule has 0 spiro atoms. The van der Waals surface area contributed by atoms with Crippen LogP contribution in [0.15, 0.2) is 24.3 Å². The van der Waals surface area contributed by atoms with Gasteiger partial charge in [0.1, 0.15) is 0 Å². The summed E-state index contributed by atoms with van der Waals surface area (Å²) in [5.74, 6) is 0.126. The molecule has 88 valence electrons. The highest BCUT2D eigenvalue weighted by atomic mass is 16.5. The highest BCUT2D eigenvalue weighted by Gasteiger charge is 2.20. The van der Waals surface area contributed by atoms with Crippen molar-refractivity contribution in [1.29, 1.82) is 0 Å². The Hall–Kier alpha value is -1.31. The van der Waals surface area contributed by atoms with Crippen molar-refractivity contribution >= 4 is 5.97 Å². The number of methoxy groups -OCH3 is 1. The zero-order valence-corrected chi connectivity index (χ0v) is 10.5. The molecule has 1 rings (SSSR count). The quantitative estimate of drug-likeness (QED) is 0.729. The summed E-state index contributed by atoms with van der Waals surface area (Å²) in [4.78, 5) is 11.4. The Bertz CT molecular complexity index is 340. The number of esters is 1. The first kappa shape index (κ1) is 12.8. The molecule has 0 aromatic heterocycles. The molecule has 0 saturated carbocycles. The molecule has 2 nitrogen and oxygen atoms in total. The average molecular weight is 220 g/mol. The van der Waals surface area contributed by atoms with Crippen molar-refractivity contribution in [3.05, 3.63) is 35.4 Å². The maximum absolute atomic E-state index is 11.4. The monoisotopic (exact) mass is 220 g/mol. The molecule has 0 aliphatic carbocycles. The van der Waals surface area contributed by atoms with Gasteiger partial charge in [-0.15, -0.1) is 0 Å². The van der Waals surface area contributed by atoms with Gasteiger partial charge in [-0.05, 0) is 24.8 Å². The lowest BCUT2D eigenvalue weighted by Crippen LogP contribution is -2.21. The SMILES string of the molecule is COC(=O)[C@@H](C)[C@@H](C)Cc1ccc(C)cc1. The van der Waals surface area contributed by atoms with Crippen LogP contribution in [0, 0.1) is 18.8 Å². The van der Waals surface area contributed by atoms with Crippen LogP contribution in [-0.4, -0.2) is 13.1 Å². The van der Waals surface area contributed by atoms with Crippen LogP contribution in [0.25, 0.3) is 0 Å². The van der Waals surface area contributed by atoms with Gasteiger partial charge >= 0.3 is 5.97 Å². The molecule has 0 aliphatic heterocycles. The molecule has 0 aliphatic rings. The van der Waals surface area contributed by atoms with Crippen LogP contribution < -0.4 is 0 Å². The molecule has 0 N–H and O–H groups in total. The van der Waals surface area contributed by atoms with E-state index in [4.69, 9.17) is 4.74 Å². The van der Waals surface area contributed by atoms with Crippen LogP contribution in [0.4, 0.5) is 0 Å². The van der Waals surface area contributed by atoms with Crippen LogP contribution in [0.1, 0.15) is 25.0 Å². The van der Waals surface area contributed by atoms with Crippen LogP contribution in [0.3, 0.4) is 0 Å². The van der Waals surface area contributed by atoms with Gasteiger partial charge in [0.05, 0.1) is 13.0 Å². The molecular formula is C14H20O2. The molecule has 1 aromatic rings. The van der Waals surface area contributed by atoms with Gasteiger partial charge in [0.2, 0.25) is 0 Å². The third kappa shape index (κ3) is 3.37. The first-order valence-corrected chi connectivity index (χ1v) is 5.68. The van der Waals surface area contributed by atoms with Crippen LogP contribution >= 0.6 is 0 Å². The first-order valence-electron chi connectivity index (χ1n) is 5.68. The Morgan fingerprint density at radius 1 is 1.25 bits per heavy atom. The van der Waals surface area contributed by atoms with Crippen molar-refractivity contribution in [3.63, 3.8) is 0 Å². The molecule has 2 heteroatoms. The Labute approximate surface area is 97.6 Å². The summed E-state index contributed by atoms with van der Waals surface area (Å²) >= 11 is 0. The molecule has 0 fully saturated rings. The third-order valence-corrected chi connectivity index (χ3v) is 3.10. The molecule has 0 bridgehead atoms. The van der Waals surface area contributed by atoms with E-state index in [-0.39, 0.29) is 11.9 Å². The zero-order chi connectivity index (χ0) is 12.1. The predicted octanol–water partition coefficient (Wildman–Crippen LogP) is 2.98. The fraction of sp³-hybridized carbons (Fsp3) is 0.500. The summed E-state index contributed by atoms with van der Waals surface area (Å²) in [7, 11) is 1.44. The first-order chi connectivity index (χ1) is 7.54. The maximum atomic E-state index is 11.4. The summed E-state index contributed by atoms with van der Waals surface area (Å²) in [6.07, 6.45) is 0.913. The number of carbonyl (C=O) groups excluding carboxylic acids is 1. The number of ether oxygens (including phenoxy) is 1. The van der Waals surface area contributed by atoms with Gasteiger partial charge in [0.25, 0.3) is 0 Å². The van der Waals surface area contributed by atoms with Gasteiger partial charge in [-0.1, -0.05) is 43.7 Å². The lowest BCUT2D eigenvalue weighted by molar-refractivity contribution is -0.146. The minimum atomic E-state index is -0.125. The summed E-state index contributed by atoms with van der Waals surface area (Å²) in [6, 6.07) is 8.45. The molecule has 0 saturated heterocycles. The second-order valence-electron chi connectivity index (χ2n) is 4.48. The van der Waals surface area contributed by atoms with Gasteiger partial charge in [0.15, 0.2) is 0 Å². The fourth-order valence-electron chi connectivity index (χ4n) is 1.69. The average Bonchev–Trinajstić information content (AvgIpc) is 2.30. The summed E-state index contributed by atoms with van der Waals surface area (Å²) in [5, 5.41) is 0. The number of benzene rings is 1. The van der Waals surface area contributed by atoms with Gasteiger partial charge in [-0.2, -0.15) is 0 Å². The molecular weight excluding hydrogens is 200 g/mol. The Morgan fingerprint density at radius 3 is 2.31 bits per heavy atom. The largest absolute Gasteiger partial charge is 0.469 e. The van der Waals surface area contributed by atoms with E-state index in [1.54, 1.807) is 0 Å². The smallest absolute Gasteiger partial charge is 0.308 e. The van der Waals surface area contributed by atoms with E-state index in [1.165, 1.54) is 18.2 Å². The highest BCUT2D eigenvalue weighted by molar-refractivity contribution is 5.72. The lowest BCUT2D eigenvalue weighted by Gasteiger charge is -2.17. The van der Waals surface area contributed by atoms with Crippen LogP contribution in [0.2, 0.25) is 0 Å². The normalized spacial score (nSPS) is 14.2. The molecule has 0 radical (unpaired) electrons. The zero-order valence-electron chi connectivity index (χ0n) is 10.5. The van der Waals surface area contributed by atoms with Gasteiger partial charge in [0, 0.05) is 0 Å². The summed E-state index contributed by atoms with van der Waals surface area (Å²) in [6.45, 7) is 6.08. The van der Waals surface area contributed by atoms with E-state index in [9.17, 15) is 4.79 Å². The van der Waals surface area contributed by atoms with E-state index in [0.717, 1.165) is 6.42 Å². The van der Waals surface area contributed by atoms with Crippen molar-refractivity contribution in [2.45, 2.75) is 27.2 Å². The summed E-state index contributed by atoms with van der Waals surface area (Å²) < 4.78 is 4.75. The van der Waals surface area contributed by atoms with E-state index >= 15 is 0 Å². The standard InChI is InChI=1S/C14H20O2/c1-10-5-7-13(8-6-10)9-11(2)12(3)14(15)16-4/h5-8,11-12H,9H2,1-4H3/t11-,12-/m0/s1. The molecule has 16 heavy (non-hydrogen) atoms. The van der Waals surface area contributed by atoms with E-state index < -0.39 is 0 Å². The lowest BCUT2D eigenvalue weighted by atomic mass is 9.89. The topological polar surface area (TPSA) is 26.3 Å². The van der Waals surface area contributed by atoms with Crippen LogP contribution in [-0.2, 0) is 16.0 Å². The van der Waals surface area contributed by atoms with Gasteiger partial charge in [-0.25, -0.2) is 0 Å². The van der Waals surface area contributed by atoms with Crippen LogP contribution in [0.5, 0.6) is 0 Å². The molecule has 0 amide bonds. The fourth-order valence-corrected chi connectivity index (χ4v) is 1.69. The minimum Gasteiger partial charge on any atom is -0.469 e. The van der Waals surface area contributed by atoms with Crippen molar-refractivity contribution < 1.29 is 9.53 Å². The van der Waals surface area contributed by atoms with Crippen molar-refractivity contribution in [2.75, 3.05) is 7.11 Å². The van der Waals surface area contributed by atoms with Crippen molar-refractivity contribution in [2.24, 2.45) is 11.8 Å². The van der Waals surface area contributed by atoms with E-state index in [0.29, 0.717) is 5.92 Å².